The van der Waals surface area contributed by atoms with Crippen LogP contribution in [0.15, 0.2) is 52.9 Å². The number of hydrogen-bond acceptors (Lipinski definition) is 4. The predicted octanol–water partition coefficient (Wildman–Crippen LogP) is 6.37. The van der Waals surface area contributed by atoms with Gasteiger partial charge in [-0.25, -0.2) is 8.42 Å². The Balaban J connectivity index is 1.75. The molecule has 1 saturated carbocycles. The summed E-state index contributed by atoms with van der Waals surface area (Å²) in [5.74, 6) is 0.275. The molecule has 6 nitrogen and oxygen atoms in total. The number of sulfonamides is 1. The number of ether oxygens (including phenoxy) is 1. The molecule has 200 valence electrons. The van der Waals surface area contributed by atoms with E-state index >= 15 is 0 Å². The first-order valence-electron chi connectivity index (χ1n) is 12.2. The van der Waals surface area contributed by atoms with E-state index in [0.29, 0.717) is 17.9 Å². The Morgan fingerprint density at radius 1 is 1.14 bits per heavy atom. The summed E-state index contributed by atoms with van der Waals surface area (Å²) in [6.45, 7) is 4.18. The summed E-state index contributed by atoms with van der Waals surface area (Å²) in [6.07, 6.45) is -0.583. The van der Waals surface area contributed by atoms with E-state index in [1.54, 1.807) is 12.1 Å². The first-order chi connectivity index (χ1) is 17.3. The monoisotopic (exact) mass is 537 g/mol. The second kappa shape index (κ2) is 10.4. The zero-order valence-corrected chi connectivity index (χ0v) is 21.5. The number of aliphatic carboxylic acids is 1. The van der Waals surface area contributed by atoms with Crippen LogP contribution in [-0.2, 0) is 21.0 Å². The van der Waals surface area contributed by atoms with Crippen molar-refractivity contribution in [1.82, 2.24) is 0 Å². The topological polar surface area (TPSA) is 83.9 Å². The van der Waals surface area contributed by atoms with Crippen molar-refractivity contribution in [1.29, 1.82) is 0 Å². The molecule has 4 rings (SSSR count). The molecule has 0 aromatic heterocycles. The Morgan fingerprint density at radius 2 is 1.84 bits per heavy atom. The average Bonchev–Trinajstić information content (AvgIpc) is 2.81. The number of fused-ring (bicyclic) bond motifs is 1. The molecule has 0 bridgehead atoms. The quantitative estimate of drug-likeness (QED) is 0.463. The van der Waals surface area contributed by atoms with Gasteiger partial charge in [-0.15, -0.1) is 0 Å². The molecule has 1 aliphatic heterocycles. The first kappa shape index (κ1) is 27.0. The SMILES string of the molecule is C[C@@H]1C/C(=C/c2ccc3c(c2)N(S(=O)(=O)c2cccc(C(F)(F)F)c2)CC(CCC(=O)O)O3)C[C@H](C)C1. The Morgan fingerprint density at radius 3 is 2.49 bits per heavy atom. The molecule has 0 saturated heterocycles. The summed E-state index contributed by atoms with van der Waals surface area (Å²) in [7, 11) is -4.41. The fraction of sp³-hybridized carbons (Fsp3) is 0.444. The Hall–Kier alpha value is -3.01. The fourth-order valence-corrected chi connectivity index (χ4v) is 6.77. The molecular formula is C27H30F3NO5S. The van der Waals surface area contributed by atoms with E-state index in [2.05, 4.69) is 13.8 Å². The predicted molar refractivity (Wildman–Crippen MR) is 134 cm³/mol. The van der Waals surface area contributed by atoms with E-state index in [1.807, 2.05) is 12.1 Å². The number of rotatable bonds is 6. The van der Waals surface area contributed by atoms with Gasteiger partial charge in [-0.2, -0.15) is 13.2 Å². The molecule has 2 aliphatic rings. The number of allylic oxidation sites excluding steroid dienone is 1. The molecular weight excluding hydrogens is 507 g/mol. The van der Waals surface area contributed by atoms with Crippen molar-refractivity contribution in [2.45, 2.75) is 63.1 Å². The van der Waals surface area contributed by atoms with Crippen molar-refractivity contribution in [3.63, 3.8) is 0 Å². The van der Waals surface area contributed by atoms with Crippen LogP contribution in [0.3, 0.4) is 0 Å². The van der Waals surface area contributed by atoms with Gasteiger partial charge in [0.2, 0.25) is 0 Å². The molecule has 0 spiro atoms. The second-order valence-corrected chi connectivity index (χ2v) is 12.0. The van der Waals surface area contributed by atoms with Crippen LogP contribution in [0.5, 0.6) is 5.75 Å². The summed E-state index contributed by atoms with van der Waals surface area (Å²) < 4.78 is 74.3. The lowest BCUT2D eigenvalue weighted by atomic mass is 9.80. The minimum atomic E-state index is -4.70. The highest BCUT2D eigenvalue weighted by atomic mass is 32.2. The van der Waals surface area contributed by atoms with Crippen LogP contribution in [0.25, 0.3) is 6.08 Å². The molecule has 37 heavy (non-hydrogen) atoms. The number of carbonyl (C=O) groups is 1. The zero-order chi connectivity index (χ0) is 27.0. The number of hydrogen-bond donors (Lipinski definition) is 1. The normalized spacial score (nSPS) is 23.4. The second-order valence-electron chi connectivity index (χ2n) is 10.1. The van der Waals surface area contributed by atoms with Crippen LogP contribution < -0.4 is 9.04 Å². The maximum atomic E-state index is 13.7. The van der Waals surface area contributed by atoms with Crippen LogP contribution >= 0.6 is 0 Å². The Kier molecular flexibility index (Phi) is 7.60. The van der Waals surface area contributed by atoms with E-state index in [0.717, 1.165) is 47.3 Å². The standard InChI is InChI=1S/C27H30F3NO5S/c1-17-10-18(2)12-20(11-17)13-19-6-8-25-24(14-19)31(16-22(36-25)7-9-26(32)33)37(34,35)23-5-3-4-21(15-23)27(28,29)30/h3-6,8,13-15,17-18,22H,7,9-12,16H2,1-2H3,(H,32,33)/b20-13-/t17-,18+,22?/m0/s1. The molecule has 2 aromatic carbocycles. The number of alkyl halides is 3. The number of benzene rings is 2. The molecule has 1 fully saturated rings. The van der Waals surface area contributed by atoms with Gasteiger partial charge in [-0.3, -0.25) is 9.10 Å². The fourth-order valence-electron chi connectivity index (χ4n) is 5.23. The smallest absolute Gasteiger partial charge is 0.416 e. The van der Waals surface area contributed by atoms with E-state index in [4.69, 9.17) is 9.84 Å². The van der Waals surface area contributed by atoms with Crippen molar-refractivity contribution in [3.8, 4) is 5.75 Å². The minimum Gasteiger partial charge on any atom is -0.486 e. The summed E-state index contributed by atoms with van der Waals surface area (Å²) in [6, 6.07) is 8.74. The van der Waals surface area contributed by atoms with E-state index in [9.17, 15) is 26.4 Å². The number of carboxylic acids is 1. The maximum absolute atomic E-state index is 13.7. The summed E-state index contributed by atoms with van der Waals surface area (Å²) >= 11 is 0. The summed E-state index contributed by atoms with van der Waals surface area (Å²) in [4.78, 5) is 10.6. The average molecular weight is 538 g/mol. The van der Waals surface area contributed by atoms with Gasteiger partial charge in [0.15, 0.2) is 0 Å². The van der Waals surface area contributed by atoms with Gasteiger partial charge in [0.05, 0.1) is 22.7 Å². The molecule has 1 heterocycles. The Labute approximate surface area is 214 Å². The first-order valence-corrected chi connectivity index (χ1v) is 13.7. The van der Waals surface area contributed by atoms with Crippen molar-refractivity contribution in [2.24, 2.45) is 11.8 Å². The van der Waals surface area contributed by atoms with Gasteiger partial charge in [-0.1, -0.05) is 37.6 Å². The van der Waals surface area contributed by atoms with Gasteiger partial charge in [-0.05, 0) is 73.4 Å². The van der Waals surface area contributed by atoms with Gasteiger partial charge in [0.25, 0.3) is 10.0 Å². The van der Waals surface area contributed by atoms with Crippen LogP contribution in [0.2, 0.25) is 0 Å². The van der Waals surface area contributed by atoms with Crippen molar-refractivity contribution < 1.29 is 36.2 Å². The van der Waals surface area contributed by atoms with E-state index < -0.39 is 38.7 Å². The highest BCUT2D eigenvalue weighted by Gasteiger charge is 2.37. The van der Waals surface area contributed by atoms with Crippen LogP contribution in [0.4, 0.5) is 18.9 Å². The largest absolute Gasteiger partial charge is 0.486 e. The number of anilines is 1. The molecule has 2 aromatic rings. The van der Waals surface area contributed by atoms with Crippen molar-refractivity contribution in [2.75, 3.05) is 10.8 Å². The third-order valence-electron chi connectivity index (χ3n) is 6.74. The molecule has 1 N–H and O–H groups in total. The molecule has 10 heteroatoms. The highest BCUT2D eigenvalue weighted by Crippen LogP contribution is 2.41. The third-order valence-corrected chi connectivity index (χ3v) is 8.52. The van der Waals surface area contributed by atoms with Gasteiger partial charge in [0, 0.05) is 6.42 Å². The summed E-state index contributed by atoms with van der Waals surface area (Å²) in [5.41, 5.74) is 1.18. The van der Waals surface area contributed by atoms with Gasteiger partial charge in [0.1, 0.15) is 11.9 Å². The van der Waals surface area contributed by atoms with Crippen LogP contribution in [0, 0.1) is 11.8 Å². The summed E-state index contributed by atoms with van der Waals surface area (Å²) in [5, 5.41) is 9.08. The van der Waals surface area contributed by atoms with Gasteiger partial charge < -0.3 is 9.84 Å². The molecule has 1 aliphatic carbocycles. The number of halogens is 3. The lowest BCUT2D eigenvalue weighted by Crippen LogP contribution is -2.43. The minimum absolute atomic E-state index is 0.0466. The lowest BCUT2D eigenvalue weighted by molar-refractivity contribution is -0.138. The zero-order valence-electron chi connectivity index (χ0n) is 20.7. The van der Waals surface area contributed by atoms with E-state index in [-0.39, 0.29) is 30.8 Å². The molecule has 0 radical (unpaired) electrons. The Bertz CT molecular complexity index is 1290. The number of carboxylic acid groups (broad SMARTS) is 1. The van der Waals surface area contributed by atoms with E-state index in [1.165, 1.54) is 5.57 Å². The maximum Gasteiger partial charge on any atom is 0.416 e. The molecule has 1 unspecified atom stereocenters. The van der Waals surface area contributed by atoms with Crippen LogP contribution in [-0.4, -0.2) is 32.1 Å². The molecule has 3 atom stereocenters. The number of nitrogens with zero attached hydrogens (tertiary/aromatic N) is 1. The van der Waals surface area contributed by atoms with Crippen LogP contribution in [0.1, 0.15) is 57.1 Å². The van der Waals surface area contributed by atoms with Gasteiger partial charge >= 0.3 is 12.1 Å². The third kappa shape index (κ3) is 6.29. The van der Waals surface area contributed by atoms with Crippen molar-refractivity contribution >= 4 is 27.8 Å². The lowest BCUT2D eigenvalue weighted by Gasteiger charge is -2.35. The highest BCUT2D eigenvalue weighted by molar-refractivity contribution is 7.92. The van der Waals surface area contributed by atoms with Crippen molar-refractivity contribution in [3.05, 3.63) is 59.2 Å². The molecule has 0 amide bonds.